The smallest absolute Gasteiger partial charge is 0.0897 e. The number of ether oxygens (including phenoxy) is 2. The first-order chi connectivity index (χ1) is 9.65. The van der Waals surface area contributed by atoms with E-state index in [0.717, 1.165) is 18.4 Å². The molecular weight excluding hydrogens is 254 g/mol. The second-order valence-corrected chi connectivity index (χ2v) is 6.21. The summed E-state index contributed by atoms with van der Waals surface area (Å²) in [6.45, 7) is 6.84. The highest BCUT2D eigenvalue weighted by Crippen LogP contribution is 2.29. The molecule has 0 amide bonds. The zero-order valence-corrected chi connectivity index (χ0v) is 13.4. The number of aliphatic hydroxyl groups excluding tert-OH is 1. The molecule has 2 N–H and O–H groups in total. The van der Waals surface area contributed by atoms with Crippen molar-refractivity contribution in [3.05, 3.63) is 0 Å². The van der Waals surface area contributed by atoms with Crippen LogP contribution in [0.25, 0.3) is 0 Å². The average Bonchev–Trinajstić information content (AvgIpc) is 2.46. The molecule has 1 fully saturated rings. The van der Waals surface area contributed by atoms with Crippen molar-refractivity contribution in [2.24, 2.45) is 11.8 Å². The lowest BCUT2D eigenvalue weighted by Crippen LogP contribution is -2.35. The highest BCUT2D eigenvalue weighted by molar-refractivity contribution is 4.74. The zero-order chi connectivity index (χ0) is 14.8. The van der Waals surface area contributed by atoms with Crippen molar-refractivity contribution in [1.82, 2.24) is 5.32 Å². The van der Waals surface area contributed by atoms with E-state index in [1.807, 2.05) is 6.92 Å². The van der Waals surface area contributed by atoms with Crippen molar-refractivity contribution in [2.45, 2.75) is 58.2 Å². The maximum Gasteiger partial charge on any atom is 0.0897 e. The minimum absolute atomic E-state index is 0.0407. The summed E-state index contributed by atoms with van der Waals surface area (Å²) in [5.74, 6) is 1.74. The molecule has 1 aliphatic rings. The van der Waals surface area contributed by atoms with Crippen molar-refractivity contribution in [3.8, 4) is 0 Å². The molecular formula is C16H33NO3. The van der Waals surface area contributed by atoms with E-state index in [2.05, 4.69) is 12.2 Å². The summed E-state index contributed by atoms with van der Waals surface area (Å²) in [4.78, 5) is 0. The first kappa shape index (κ1) is 17.9. The quantitative estimate of drug-likeness (QED) is 0.647. The van der Waals surface area contributed by atoms with E-state index in [0.29, 0.717) is 19.8 Å². The van der Waals surface area contributed by atoms with Crippen molar-refractivity contribution >= 4 is 0 Å². The van der Waals surface area contributed by atoms with Crippen molar-refractivity contribution < 1.29 is 14.6 Å². The van der Waals surface area contributed by atoms with Crippen LogP contribution in [0.15, 0.2) is 0 Å². The van der Waals surface area contributed by atoms with Crippen LogP contribution in [0, 0.1) is 11.8 Å². The van der Waals surface area contributed by atoms with E-state index < -0.39 is 6.10 Å². The van der Waals surface area contributed by atoms with Gasteiger partial charge in [-0.25, -0.2) is 0 Å². The minimum atomic E-state index is -0.429. The van der Waals surface area contributed by atoms with Crippen molar-refractivity contribution in [1.29, 1.82) is 0 Å². The third-order valence-electron chi connectivity index (χ3n) is 4.33. The van der Waals surface area contributed by atoms with Gasteiger partial charge in [0.15, 0.2) is 0 Å². The Morgan fingerprint density at radius 3 is 2.40 bits per heavy atom. The molecule has 2 atom stereocenters. The van der Waals surface area contributed by atoms with Crippen LogP contribution in [0.4, 0.5) is 0 Å². The minimum Gasteiger partial charge on any atom is -0.389 e. The molecule has 1 rings (SSSR count). The third-order valence-corrected chi connectivity index (χ3v) is 4.33. The lowest BCUT2D eigenvalue weighted by molar-refractivity contribution is -0.0312. The standard InChI is InChI=1S/C16H33NO3/c1-4-14-5-7-15(8-6-14)9-17-10-16(18)12-20-13(2)11-19-3/h13-18H,4-12H2,1-3H3. The van der Waals surface area contributed by atoms with Gasteiger partial charge >= 0.3 is 0 Å². The second-order valence-electron chi connectivity index (χ2n) is 6.21. The highest BCUT2D eigenvalue weighted by Gasteiger charge is 2.19. The molecule has 20 heavy (non-hydrogen) atoms. The predicted octanol–water partition coefficient (Wildman–Crippen LogP) is 2.20. The van der Waals surface area contributed by atoms with E-state index >= 15 is 0 Å². The number of hydrogen-bond acceptors (Lipinski definition) is 4. The van der Waals surface area contributed by atoms with Crippen LogP contribution in [-0.2, 0) is 9.47 Å². The molecule has 0 aromatic rings. The Hall–Kier alpha value is -0.160. The summed E-state index contributed by atoms with van der Waals surface area (Å²) >= 11 is 0. The molecule has 0 heterocycles. The number of aliphatic hydroxyl groups is 1. The SMILES string of the molecule is CCC1CCC(CNCC(O)COC(C)COC)CC1. The summed E-state index contributed by atoms with van der Waals surface area (Å²) in [5.41, 5.74) is 0. The van der Waals surface area contributed by atoms with Gasteiger partial charge in [-0.2, -0.15) is 0 Å². The molecule has 120 valence electrons. The summed E-state index contributed by atoms with van der Waals surface area (Å²) in [7, 11) is 1.66. The normalized spacial score (nSPS) is 26.4. The maximum atomic E-state index is 9.85. The Kier molecular flexibility index (Phi) is 9.44. The summed E-state index contributed by atoms with van der Waals surface area (Å²) < 4.78 is 10.5. The predicted molar refractivity (Wildman–Crippen MR) is 81.9 cm³/mol. The van der Waals surface area contributed by atoms with Gasteiger partial charge in [-0.15, -0.1) is 0 Å². The summed E-state index contributed by atoms with van der Waals surface area (Å²) in [5, 5.41) is 13.2. The summed E-state index contributed by atoms with van der Waals surface area (Å²) in [6, 6.07) is 0. The molecule has 0 aliphatic heterocycles. The van der Waals surface area contributed by atoms with Gasteiger partial charge in [-0.05, 0) is 38.1 Å². The zero-order valence-electron chi connectivity index (χ0n) is 13.4. The Morgan fingerprint density at radius 2 is 1.80 bits per heavy atom. The van der Waals surface area contributed by atoms with Crippen LogP contribution in [0.2, 0.25) is 0 Å². The highest BCUT2D eigenvalue weighted by atomic mass is 16.5. The topological polar surface area (TPSA) is 50.7 Å². The third kappa shape index (κ3) is 7.58. The molecule has 0 aromatic carbocycles. The second kappa shape index (κ2) is 10.6. The van der Waals surface area contributed by atoms with E-state index in [1.165, 1.54) is 32.1 Å². The van der Waals surface area contributed by atoms with Crippen molar-refractivity contribution in [2.75, 3.05) is 33.4 Å². The number of methoxy groups -OCH3 is 1. The number of nitrogens with one attached hydrogen (secondary N) is 1. The van der Waals surface area contributed by atoms with Crippen LogP contribution in [0.1, 0.15) is 46.0 Å². The van der Waals surface area contributed by atoms with E-state index in [1.54, 1.807) is 7.11 Å². The van der Waals surface area contributed by atoms with Gasteiger partial charge in [0.1, 0.15) is 0 Å². The number of hydrogen-bond donors (Lipinski definition) is 2. The van der Waals surface area contributed by atoms with Gasteiger partial charge in [0.05, 0.1) is 25.4 Å². The van der Waals surface area contributed by atoms with Crippen LogP contribution in [0.3, 0.4) is 0 Å². The Morgan fingerprint density at radius 1 is 1.15 bits per heavy atom. The van der Waals surface area contributed by atoms with Crippen LogP contribution in [-0.4, -0.2) is 50.7 Å². The van der Waals surface area contributed by atoms with Crippen molar-refractivity contribution in [3.63, 3.8) is 0 Å². The lowest BCUT2D eigenvalue weighted by Gasteiger charge is -2.28. The fourth-order valence-electron chi connectivity index (χ4n) is 2.92. The van der Waals surface area contributed by atoms with Crippen LogP contribution >= 0.6 is 0 Å². The molecule has 0 spiro atoms. The maximum absolute atomic E-state index is 9.85. The van der Waals surface area contributed by atoms with Gasteiger partial charge in [0.25, 0.3) is 0 Å². The lowest BCUT2D eigenvalue weighted by atomic mass is 9.81. The fourth-order valence-corrected chi connectivity index (χ4v) is 2.92. The van der Waals surface area contributed by atoms with Crippen LogP contribution < -0.4 is 5.32 Å². The first-order valence-corrected chi connectivity index (χ1v) is 8.15. The molecule has 2 unspecified atom stereocenters. The van der Waals surface area contributed by atoms with Gasteiger partial charge in [0, 0.05) is 13.7 Å². The molecule has 1 saturated carbocycles. The van der Waals surface area contributed by atoms with Gasteiger partial charge in [-0.3, -0.25) is 0 Å². The Bertz CT molecular complexity index is 230. The Balaban J connectivity index is 2.00. The van der Waals surface area contributed by atoms with Gasteiger partial charge < -0.3 is 19.9 Å². The van der Waals surface area contributed by atoms with E-state index in [4.69, 9.17) is 9.47 Å². The monoisotopic (exact) mass is 287 g/mol. The molecule has 0 saturated heterocycles. The molecule has 0 radical (unpaired) electrons. The molecule has 0 bridgehead atoms. The average molecular weight is 287 g/mol. The van der Waals surface area contributed by atoms with Gasteiger partial charge in [0.2, 0.25) is 0 Å². The molecule has 1 aliphatic carbocycles. The number of rotatable bonds is 10. The largest absolute Gasteiger partial charge is 0.389 e. The summed E-state index contributed by atoms with van der Waals surface area (Å²) in [6.07, 6.45) is 6.37. The van der Waals surface area contributed by atoms with Crippen LogP contribution in [0.5, 0.6) is 0 Å². The fraction of sp³-hybridized carbons (Fsp3) is 1.00. The Labute approximate surface area is 124 Å². The van der Waals surface area contributed by atoms with E-state index in [9.17, 15) is 5.11 Å². The first-order valence-electron chi connectivity index (χ1n) is 8.15. The van der Waals surface area contributed by atoms with Gasteiger partial charge in [-0.1, -0.05) is 26.2 Å². The van der Waals surface area contributed by atoms with E-state index in [-0.39, 0.29) is 6.10 Å². The molecule has 0 aromatic heterocycles. The molecule has 4 heteroatoms. The molecule has 4 nitrogen and oxygen atoms in total.